The Labute approximate surface area is 256 Å². The van der Waals surface area contributed by atoms with E-state index in [0.717, 1.165) is 49.7 Å². The molecule has 9 heteroatoms. The highest BCUT2D eigenvalue weighted by Gasteiger charge is 2.37. The number of anilines is 1. The summed E-state index contributed by atoms with van der Waals surface area (Å²) in [6, 6.07) is 12.7. The monoisotopic (exact) mass is 594 g/mol. The van der Waals surface area contributed by atoms with Gasteiger partial charge in [-0.25, -0.2) is 4.79 Å². The van der Waals surface area contributed by atoms with Gasteiger partial charge in [0.15, 0.2) is 0 Å². The molecule has 9 nitrogen and oxygen atoms in total. The number of hydrogen-bond donors (Lipinski definition) is 3. The molecule has 2 rings (SSSR count). The fraction of sp³-hybridized carbons (Fsp3) is 0.529. The summed E-state index contributed by atoms with van der Waals surface area (Å²) < 4.78 is 5.37. The van der Waals surface area contributed by atoms with Crippen molar-refractivity contribution in [1.29, 1.82) is 0 Å². The van der Waals surface area contributed by atoms with Crippen molar-refractivity contribution in [3.8, 4) is 0 Å². The fourth-order valence-corrected chi connectivity index (χ4v) is 4.80. The number of aryl methyl sites for hydroxylation is 2. The number of carbonyl (C=O) groups excluding carboxylic acids is 4. The molecular weight excluding hydrogens is 544 g/mol. The first-order valence-corrected chi connectivity index (χ1v) is 15.4. The van der Waals surface area contributed by atoms with Crippen LogP contribution in [0.15, 0.2) is 48.5 Å². The molecule has 4 N–H and O–H groups in total. The molecule has 0 heterocycles. The number of alkyl carbamates (subject to hydrolysis) is 1. The second-order valence-electron chi connectivity index (χ2n) is 12.0. The van der Waals surface area contributed by atoms with Crippen LogP contribution in [0.4, 0.5) is 10.5 Å². The van der Waals surface area contributed by atoms with Crippen molar-refractivity contribution in [2.75, 3.05) is 11.9 Å². The lowest BCUT2D eigenvalue weighted by Gasteiger charge is -2.34. The van der Waals surface area contributed by atoms with Crippen LogP contribution in [0.5, 0.6) is 0 Å². The van der Waals surface area contributed by atoms with Crippen LogP contribution in [-0.2, 0) is 25.5 Å². The summed E-state index contributed by atoms with van der Waals surface area (Å²) in [6.45, 7) is 11.4. The zero-order chi connectivity index (χ0) is 32.0. The minimum atomic E-state index is -1.31. The second-order valence-corrected chi connectivity index (χ2v) is 12.0. The van der Waals surface area contributed by atoms with Crippen LogP contribution in [0.2, 0.25) is 0 Å². The maximum atomic E-state index is 14.3. The first-order chi connectivity index (χ1) is 20.4. The molecule has 0 aliphatic carbocycles. The zero-order valence-corrected chi connectivity index (χ0v) is 26.7. The number of amides is 4. The molecule has 0 saturated heterocycles. The SMILES string of the molecule is CCCCCCCCN(C(=O)C(CC(N)=O)NC(=O)OC(C)(C)C)C(C(=O)Nc1ccccc1C)c1ccc(CC)cc1. The zero-order valence-electron chi connectivity index (χ0n) is 26.7. The van der Waals surface area contributed by atoms with E-state index in [1.807, 2.05) is 62.4 Å². The highest BCUT2D eigenvalue weighted by molar-refractivity contribution is 6.00. The number of carbonyl (C=O) groups is 4. The van der Waals surface area contributed by atoms with Gasteiger partial charge in [-0.3, -0.25) is 14.4 Å². The Morgan fingerprint density at radius 1 is 0.907 bits per heavy atom. The first kappa shape index (κ1) is 35.3. The van der Waals surface area contributed by atoms with Gasteiger partial charge in [0, 0.05) is 12.2 Å². The molecule has 236 valence electrons. The Bertz CT molecular complexity index is 1210. The summed E-state index contributed by atoms with van der Waals surface area (Å²) in [5.41, 5.74) is 7.93. The van der Waals surface area contributed by atoms with Gasteiger partial charge >= 0.3 is 6.09 Å². The standard InChI is InChI=1S/C34H50N4O5/c1-7-9-10-11-12-15-22-38(32(41)28(23-29(35)39)37-33(42)43-34(4,5)6)30(26-20-18-25(8-2)19-21-26)31(40)36-27-17-14-13-16-24(27)3/h13-14,16-21,28,30H,7-12,15,22-23H2,1-6H3,(H2,35,39)(H,36,40)(H,37,42). The molecule has 0 saturated carbocycles. The molecule has 2 atom stereocenters. The number of hydrogen-bond acceptors (Lipinski definition) is 5. The van der Waals surface area contributed by atoms with E-state index in [9.17, 15) is 19.2 Å². The molecule has 4 amide bonds. The molecule has 2 aromatic carbocycles. The summed E-state index contributed by atoms with van der Waals surface area (Å²) in [6.07, 6.45) is 5.38. The van der Waals surface area contributed by atoms with Crippen molar-refractivity contribution in [3.63, 3.8) is 0 Å². The number of unbranched alkanes of at least 4 members (excludes halogenated alkanes) is 5. The Balaban J connectivity index is 2.54. The molecule has 0 aliphatic rings. The number of nitrogens with two attached hydrogens (primary N) is 1. The van der Waals surface area contributed by atoms with E-state index < -0.39 is 47.9 Å². The van der Waals surface area contributed by atoms with E-state index in [4.69, 9.17) is 10.5 Å². The van der Waals surface area contributed by atoms with Crippen molar-refractivity contribution < 1.29 is 23.9 Å². The molecule has 2 aromatic rings. The smallest absolute Gasteiger partial charge is 0.408 e. The molecule has 0 fully saturated rings. The van der Waals surface area contributed by atoms with Gasteiger partial charge in [-0.15, -0.1) is 0 Å². The summed E-state index contributed by atoms with van der Waals surface area (Å²) >= 11 is 0. The number of nitrogens with one attached hydrogen (secondary N) is 2. The second kappa shape index (κ2) is 17.3. The van der Waals surface area contributed by atoms with E-state index in [0.29, 0.717) is 17.7 Å². The van der Waals surface area contributed by atoms with E-state index >= 15 is 0 Å². The molecule has 0 aliphatic heterocycles. The van der Waals surface area contributed by atoms with Crippen LogP contribution in [0.25, 0.3) is 0 Å². The van der Waals surface area contributed by atoms with Crippen LogP contribution in [0.3, 0.4) is 0 Å². The molecule has 0 spiro atoms. The number of ether oxygens (including phenoxy) is 1. The third-order valence-corrected chi connectivity index (χ3v) is 7.10. The first-order valence-electron chi connectivity index (χ1n) is 15.4. The fourth-order valence-electron chi connectivity index (χ4n) is 4.80. The quantitative estimate of drug-likeness (QED) is 0.199. The van der Waals surface area contributed by atoms with Gasteiger partial charge < -0.3 is 26.0 Å². The number of benzene rings is 2. The minimum Gasteiger partial charge on any atom is -0.444 e. The predicted octanol–water partition coefficient (Wildman–Crippen LogP) is 6.20. The third-order valence-electron chi connectivity index (χ3n) is 7.10. The van der Waals surface area contributed by atoms with Gasteiger partial charge in [0.1, 0.15) is 17.7 Å². The van der Waals surface area contributed by atoms with Crippen LogP contribution < -0.4 is 16.4 Å². The lowest BCUT2D eigenvalue weighted by Crippen LogP contribution is -2.53. The Morgan fingerprint density at radius 2 is 1.53 bits per heavy atom. The van der Waals surface area contributed by atoms with Gasteiger partial charge in [-0.1, -0.05) is 88.4 Å². The number of primary amides is 1. The van der Waals surface area contributed by atoms with E-state index in [-0.39, 0.29) is 6.54 Å². The van der Waals surface area contributed by atoms with E-state index in [1.165, 1.54) is 4.90 Å². The highest BCUT2D eigenvalue weighted by atomic mass is 16.6. The van der Waals surface area contributed by atoms with E-state index in [1.54, 1.807) is 20.8 Å². The third kappa shape index (κ3) is 12.1. The van der Waals surface area contributed by atoms with Crippen LogP contribution >= 0.6 is 0 Å². The number of rotatable bonds is 16. The van der Waals surface area contributed by atoms with Crippen molar-refractivity contribution in [3.05, 3.63) is 65.2 Å². The minimum absolute atomic E-state index is 0.248. The Hall–Kier alpha value is -3.88. The van der Waals surface area contributed by atoms with Gasteiger partial charge in [-0.05, 0) is 63.3 Å². The average Bonchev–Trinajstić information content (AvgIpc) is 2.93. The lowest BCUT2D eigenvalue weighted by molar-refractivity contribution is -0.142. The van der Waals surface area contributed by atoms with Crippen molar-refractivity contribution in [2.24, 2.45) is 5.73 Å². The summed E-state index contributed by atoms with van der Waals surface area (Å²) in [5.74, 6) is -1.74. The molecule has 43 heavy (non-hydrogen) atoms. The van der Waals surface area contributed by atoms with Gasteiger partial charge in [0.05, 0.1) is 6.42 Å². The highest BCUT2D eigenvalue weighted by Crippen LogP contribution is 2.27. The molecule has 0 bridgehead atoms. The average molecular weight is 595 g/mol. The predicted molar refractivity (Wildman–Crippen MR) is 170 cm³/mol. The van der Waals surface area contributed by atoms with Crippen LogP contribution in [-0.4, -0.2) is 46.9 Å². The summed E-state index contributed by atoms with van der Waals surface area (Å²) in [4.78, 5) is 54.6. The lowest BCUT2D eigenvalue weighted by atomic mass is 9.99. The molecule has 2 unspecified atom stereocenters. The summed E-state index contributed by atoms with van der Waals surface area (Å²) in [5, 5.41) is 5.55. The van der Waals surface area contributed by atoms with Crippen LogP contribution in [0, 0.1) is 6.92 Å². The van der Waals surface area contributed by atoms with Gasteiger partial charge in [0.25, 0.3) is 5.91 Å². The van der Waals surface area contributed by atoms with Gasteiger partial charge in [-0.2, -0.15) is 0 Å². The maximum absolute atomic E-state index is 14.3. The van der Waals surface area contributed by atoms with E-state index in [2.05, 4.69) is 17.6 Å². The largest absolute Gasteiger partial charge is 0.444 e. The molecule has 0 aromatic heterocycles. The van der Waals surface area contributed by atoms with Crippen molar-refractivity contribution >= 4 is 29.5 Å². The van der Waals surface area contributed by atoms with Gasteiger partial charge in [0.2, 0.25) is 11.8 Å². The molecule has 0 radical (unpaired) electrons. The van der Waals surface area contributed by atoms with Crippen LogP contribution in [0.1, 0.15) is 102 Å². The van der Waals surface area contributed by atoms with Crippen molar-refractivity contribution in [1.82, 2.24) is 10.2 Å². The number of para-hydroxylation sites is 1. The Morgan fingerprint density at radius 3 is 2.12 bits per heavy atom. The topological polar surface area (TPSA) is 131 Å². The Kier molecular flexibility index (Phi) is 14.2. The maximum Gasteiger partial charge on any atom is 0.408 e. The normalized spacial score (nSPS) is 12.6. The summed E-state index contributed by atoms with van der Waals surface area (Å²) in [7, 11) is 0. The molecular formula is C34H50N4O5. The van der Waals surface area contributed by atoms with Crippen molar-refractivity contribution in [2.45, 2.75) is 111 Å². The number of nitrogens with zero attached hydrogens (tertiary/aromatic N) is 1.